The Morgan fingerprint density at radius 1 is 1.50 bits per heavy atom. The molecule has 0 radical (unpaired) electrons. The summed E-state index contributed by atoms with van der Waals surface area (Å²) >= 11 is 1.71. The van der Waals surface area contributed by atoms with Gasteiger partial charge in [-0.1, -0.05) is 33.1 Å². The van der Waals surface area contributed by atoms with Gasteiger partial charge in [0.2, 0.25) is 0 Å². The number of hydrogen-bond donors (Lipinski definition) is 0. The predicted octanol–water partition coefficient (Wildman–Crippen LogP) is 4.45. The smallest absolute Gasteiger partial charge is 0.0365 e. The minimum absolute atomic E-state index is 1.12. The molecule has 1 rings (SSSR count). The minimum atomic E-state index is 1.12. The maximum Gasteiger partial charge on any atom is 0.0365 e. The Bertz CT molecular complexity index is 256. The summed E-state index contributed by atoms with van der Waals surface area (Å²) in [6.45, 7) is 13.6. The van der Waals surface area contributed by atoms with Crippen LogP contribution in [0.5, 0.6) is 0 Å². The highest BCUT2D eigenvalue weighted by atomic mass is 32.1. The van der Waals surface area contributed by atoms with Gasteiger partial charge in [0.1, 0.15) is 0 Å². The molecule has 0 N–H and O–H groups in total. The molecule has 0 atom stereocenters. The van der Waals surface area contributed by atoms with Crippen LogP contribution in [0.4, 0.5) is 0 Å². The summed E-state index contributed by atoms with van der Waals surface area (Å²) in [5.41, 5.74) is 2.31. The van der Waals surface area contributed by atoms with Crippen molar-refractivity contribution in [2.75, 3.05) is 0 Å². The molecule has 0 bridgehead atoms. The van der Waals surface area contributed by atoms with Crippen molar-refractivity contribution < 1.29 is 0 Å². The van der Waals surface area contributed by atoms with Crippen molar-refractivity contribution in [3.63, 3.8) is 0 Å². The molecule has 1 aromatic heterocycles. The van der Waals surface area contributed by atoms with E-state index in [1.807, 2.05) is 26.8 Å². The summed E-state index contributed by atoms with van der Waals surface area (Å²) in [5.74, 6) is 0. The largest absolute Gasteiger partial charge is 0.144 e. The summed E-state index contributed by atoms with van der Waals surface area (Å²) in [6.07, 6.45) is 1.86. The predicted molar refractivity (Wildman–Crippen MR) is 60.5 cm³/mol. The van der Waals surface area contributed by atoms with Crippen LogP contribution in [0.15, 0.2) is 24.6 Å². The number of allylic oxidation sites excluding steroid dienone is 1. The Morgan fingerprint density at radius 2 is 2.08 bits per heavy atom. The van der Waals surface area contributed by atoms with Crippen LogP contribution in [0.1, 0.15) is 31.2 Å². The zero-order valence-corrected chi connectivity index (χ0v) is 8.87. The summed E-state index contributed by atoms with van der Waals surface area (Å²) in [6, 6.07) is 2.06. The lowest BCUT2D eigenvalue weighted by Crippen LogP contribution is -1.72. The van der Waals surface area contributed by atoms with E-state index < -0.39 is 0 Å². The van der Waals surface area contributed by atoms with Gasteiger partial charge in [0.25, 0.3) is 0 Å². The van der Waals surface area contributed by atoms with Crippen LogP contribution < -0.4 is 0 Å². The summed E-state index contributed by atoms with van der Waals surface area (Å²) in [4.78, 5) is 1.25. The second-order valence-electron chi connectivity index (χ2n) is 2.19. The second-order valence-corrected chi connectivity index (χ2v) is 3.11. The van der Waals surface area contributed by atoms with E-state index in [0.717, 1.165) is 5.57 Å². The molecule has 1 heterocycles. The molecule has 1 heteroatoms. The number of hydrogen-bond acceptors (Lipinski definition) is 1. The molecule has 0 nitrogen and oxygen atoms in total. The molecule has 0 aromatic carbocycles. The molecule has 0 saturated carbocycles. The first-order chi connectivity index (χ1) is 5.75. The van der Waals surface area contributed by atoms with Crippen molar-refractivity contribution in [1.82, 2.24) is 0 Å². The van der Waals surface area contributed by atoms with Crippen LogP contribution in [0, 0.1) is 0 Å². The number of rotatable bonds is 2. The number of thiophene rings is 1. The van der Waals surface area contributed by atoms with E-state index in [1.165, 1.54) is 10.4 Å². The van der Waals surface area contributed by atoms with E-state index in [-0.39, 0.29) is 0 Å². The highest BCUT2D eigenvalue weighted by molar-refractivity contribution is 7.11. The fourth-order valence-electron chi connectivity index (χ4n) is 0.827. The van der Waals surface area contributed by atoms with Gasteiger partial charge < -0.3 is 0 Å². The van der Waals surface area contributed by atoms with E-state index in [0.29, 0.717) is 0 Å². The molecule has 0 unspecified atom stereocenters. The Balaban J connectivity index is 0.000000561. The lowest BCUT2D eigenvalue weighted by molar-refractivity contribution is 1.50. The van der Waals surface area contributed by atoms with Gasteiger partial charge in [0.15, 0.2) is 0 Å². The van der Waals surface area contributed by atoms with E-state index >= 15 is 0 Å². The van der Waals surface area contributed by atoms with Gasteiger partial charge >= 0.3 is 0 Å². The third-order valence-electron chi connectivity index (χ3n) is 1.30. The Labute approximate surface area is 79.3 Å². The van der Waals surface area contributed by atoms with Gasteiger partial charge in [-0.15, -0.1) is 11.3 Å². The molecule has 0 aliphatic heterocycles. The van der Waals surface area contributed by atoms with E-state index in [2.05, 4.69) is 24.6 Å². The van der Waals surface area contributed by atoms with Gasteiger partial charge in [-0.2, -0.15) is 0 Å². The summed E-state index contributed by atoms with van der Waals surface area (Å²) < 4.78 is 0. The normalized spacial score (nSPS) is 8.25. The fourth-order valence-corrected chi connectivity index (χ4v) is 1.67. The minimum Gasteiger partial charge on any atom is -0.144 e. The average Bonchev–Trinajstić information content (AvgIpc) is 2.55. The first-order valence-corrected chi connectivity index (χ1v) is 4.99. The van der Waals surface area contributed by atoms with Crippen molar-refractivity contribution in [3.8, 4) is 0 Å². The molecule has 0 fully saturated rings. The van der Waals surface area contributed by atoms with Crippen molar-refractivity contribution in [2.24, 2.45) is 0 Å². The van der Waals surface area contributed by atoms with Crippen LogP contribution in [-0.4, -0.2) is 0 Å². The monoisotopic (exact) mass is 180 g/mol. The van der Waals surface area contributed by atoms with E-state index in [1.54, 1.807) is 11.3 Å². The lowest BCUT2D eigenvalue weighted by Gasteiger charge is -1.94. The van der Waals surface area contributed by atoms with E-state index in [9.17, 15) is 0 Å². The van der Waals surface area contributed by atoms with Gasteiger partial charge in [-0.25, -0.2) is 0 Å². The molecular formula is C11H16S. The third-order valence-corrected chi connectivity index (χ3v) is 2.40. The van der Waals surface area contributed by atoms with Crippen molar-refractivity contribution in [2.45, 2.75) is 20.8 Å². The van der Waals surface area contributed by atoms with Crippen molar-refractivity contribution >= 4 is 23.0 Å². The van der Waals surface area contributed by atoms with Crippen LogP contribution >= 0.6 is 11.3 Å². The molecule has 0 amide bonds. The maximum atomic E-state index is 3.87. The topological polar surface area (TPSA) is 0 Å². The molecule has 12 heavy (non-hydrogen) atoms. The summed E-state index contributed by atoms with van der Waals surface area (Å²) in [5, 5.41) is 2.06. The molecule has 0 saturated heterocycles. The van der Waals surface area contributed by atoms with Crippen LogP contribution in [-0.2, 0) is 0 Å². The molecule has 1 aromatic rings. The SMILES string of the molecule is C=Cc1ccsc1C(=C)C.CC. The Hall–Kier alpha value is -0.820. The van der Waals surface area contributed by atoms with Gasteiger partial charge in [0.05, 0.1) is 0 Å². The van der Waals surface area contributed by atoms with E-state index in [4.69, 9.17) is 0 Å². The van der Waals surface area contributed by atoms with Gasteiger partial charge in [-0.3, -0.25) is 0 Å². The Kier molecular flexibility index (Phi) is 5.39. The first-order valence-electron chi connectivity index (χ1n) is 4.11. The van der Waals surface area contributed by atoms with Crippen LogP contribution in [0.25, 0.3) is 11.6 Å². The van der Waals surface area contributed by atoms with Gasteiger partial charge in [-0.05, 0) is 29.5 Å². The van der Waals surface area contributed by atoms with Crippen molar-refractivity contribution in [1.29, 1.82) is 0 Å². The molecule has 0 aliphatic carbocycles. The first kappa shape index (κ1) is 11.2. The molecule has 0 spiro atoms. The zero-order chi connectivity index (χ0) is 9.56. The standard InChI is InChI=1S/C9H10S.C2H6/c1-4-8-5-6-10-9(8)7(2)3;1-2/h4-6H,1-2H2,3H3;1-2H3. The quantitative estimate of drug-likeness (QED) is 0.630. The zero-order valence-electron chi connectivity index (χ0n) is 8.05. The van der Waals surface area contributed by atoms with Gasteiger partial charge in [0, 0.05) is 4.88 Å². The highest BCUT2D eigenvalue weighted by Crippen LogP contribution is 2.24. The molecule has 0 aliphatic rings. The summed E-state index contributed by atoms with van der Waals surface area (Å²) in [7, 11) is 0. The third kappa shape index (κ3) is 2.67. The Morgan fingerprint density at radius 3 is 2.42 bits per heavy atom. The maximum absolute atomic E-state index is 3.87. The second kappa shape index (κ2) is 5.78. The van der Waals surface area contributed by atoms with Crippen LogP contribution in [0.3, 0.4) is 0 Å². The fraction of sp³-hybridized carbons (Fsp3) is 0.273. The van der Waals surface area contributed by atoms with Crippen LogP contribution in [0.2, 0.25) is 0 Å². The van der Waals surface area contributed by atoms with Crippen molar-refractivity contribution in [3.05, 3.63) is 35.0 Å². The highest BCUT2D eigenvalue weighted by Gasteiger charge is 1.99. The average molecular weight is 180 g/mol. The molecule has 66 valence electrons. The lowest BCUT2D eigenvalue weighted by atomic mass is 10.2. The molecular weight excluding hydrogens is 164 g/mol.